The highest BCUT2D eigenvalue weighted by molar-refractivity contribution is 6.35. The van der Waals surface area contributed by atoms with Gasteiger partial charge >= 0.3 is 0 Å². The molecule has 0 aliphatic carbocycles. The van der Waals surface area contributed by atoms with Crippen LogP contribution in [0.2, 0.25) is 5.02 Å². The third-order valence-electron chi connectivity index (χ3n) is 3.81. The van der Waals surface area contributed by atoms with Gasteiger partial charge in [-0.25, -0.2) is 0 Å². The Hall–Kier alpha value is -1.03. The number of hydrogen-bond acceptors (Lipinski definition) is 2. The Morgan fingerprint density at radius 2 is 2.26 bits per heavy atom. The highest BCUT2D eigenvalue weighted by Crippen LogP contribution is 2.25. The molecule has 0 spiro atoms. The summed E-state index contributed by atoms with van der Waals surface area (Å²) in [4.78, 5) is 2.43. The lowest BCUT2D eigenvalue weighted by molar-refractivity contribution is -0.0337. The third kappa shape index (κ3) is 2.64. The first-order valence-electron chi connectivity index (χ1n) is 6.85. The summed E-state index contributed by atoms with van der Waals surface area (Å²) < 4.78 is 8.08. The van der Waals surface area contributed by atoms with Crippen LogP contribution in [0.4, 0.5) is 0 Å². The average molecular weight is 279 g/mol. The second-order valence-electron chi connectivity index (χ2n) is 5.03. The molecule has 1 atom stereocenters. The minimum Gasteiger partial charge on any atom is -0.374 e. The molecule has 0 saturated carbocycles. The van der Waals surface area contributed by atoms with E-state index in [1.807, 2.05) is 12.1 Å². The lowest BCUT2D eigenvalue weighted by Crippen LogP contribution is -2.43. The summed E-state index contributed by atoms with van der Waals surface area (Å²) in [5, 5.41) is 2.00. The summed E-state index contributed by atoms with van der Waals surface area (Å²) in [6.45, 7) is 7.02. The van der Waals surface area contributed by atoms with Crippen molar-refractivity contribution in [3.05, 3.63) is 35.5 Å². The van der Waals surface area contributed by atoms with E-state index < -0.39 is 0 Å². The van der Waals surface area contributed by atoms with Crippen molar-refractivity contribution in [2.24, 2.45) is 0 Å². The molecule has 1 fully saturated rings. The summed E-state index contributed by atoms with van der Waals surface area (Å²) in [6, 6.07) is 8.14. The van der Waals surface area contributed by atoms with E-state index in [-0.39, 0.29) is 6.10 Å². The molecule has 4 heteroatoms. The van der Waals surface area contributed by atoms with Crippen LogP contribution in [0, 0.1) is 0 Å². The van der Waals surface area contributed by atoms with Gasteiger partial charge in [0, 0.05) is 24.7 Å². The number of morpholine rings is 1. The number of hydrogen-bond donors (Lipinski definition) is 0. The Labute approximate surface area is 118 Å². The first-order chi connectivity index (χ1) is 9.28. The van der Waals surface area contributed by atoms with Crippen LogP contribution in [0.5, 0.6) is 0 Å². The van der Waals surface area contributed by atoms with Crippen molar-refractivity contribution in [1.29, 1.82) is 0 Å². The number of rotatable bonds is 3. The molecule has 0 bridgehead atoms. The first kappa shape index (κ1) is 13.0. The van der Waals surface area contributed by atoms with Gasteiger partial charge in [-0.3, -0.25) is 4.90 Å². The number of nitrogens with zero attached hydrogens (tertiary/aromatic N) is 2. The summed E-state index contributed by atoms with van der Waals surface area (Å²) in [7, 11) is 0. The molecule has 1 unspecified atom stereocenters. The number of likely N-dealkylation sites (N-methyl/N-ethyl adjacent to an activating group) is 1. The Bertz CT molecular complexity index is 566. The number of fused-ring (bicyclic) bond motifs is 1. The van der Waals surface area contributed by atoms with Gasteiger partial charge in [0.25, 0.3) is 0 Å². The zero-order valence-electron chi connectivity index (χ0n) is 11.2. The summed E-state index contributed by atoms with van der Waals surface area (Å²) >= 11 is 6.31. The third-order valence-corrected chi connectivity index (χ3v) is 4.11. The molecule has 102 valence electrons. The van der Waals surface area contributed by atoms with E-state index in [1.54, 1.807) is 0 Å². The number of benzene rings is 1. The molecule has 2 aromatic rings. The number of ether oxygens (including phenoxy) is 1. The van der Waals surface area contributed by atoms with Gasteiger partial charge in [0.1, 0.15) is 0 Å². The Morgan fingerprint density at radius 3 is 3.11 bits per heavy atom. The van der Waals surface area contributed by atoms with Gasteiger partial charge in [0.2, 0.25) is 0 Å². The largest absolute Gasteiger partial charge is 0.374 e. The summed E-state index contributed by atoms with van der Waals surface area (Å²) in [5.41, 5.74) is 1.11. The van der Waals surface area contributed by atoms with Gasteiger partial charge in [-0.05, 0) is 18.7 Å². The van der Waals surface area contributed by atoms with Crippen LogP contribution in [0.1, 0.15) is 6.92 Å². The zero-order valence-corrected chi connectivity index (χ0v) is 11.9. The van der Waals surface area contributed by atoms with Crippen LogP contribution in [0.15, 0.2) is 30.5 Å². The molecule has 1 aliphatic heterocycles. The summed E-state index contributed by atoms with van der Waals surface area (Å²) in [6.07, 6.45) is 2.35. The van der Waals surface area contributed by atoms with Gasteiger partial charge in [-0.15, -0.1) is 0 Å². The van der Waals surface area contributed by atoms with E-state index in [1.165, 1.54) is 5.39 Å². The van der Waals surface area contributed by atoms with Crippen molar-refractivity contribution < 1.29 is 4.74 Å². The van der Waals surface area contributed by atoms with Gasteiger partial charge in [0.15, 0.2) is 0 Å². The van der Waals surface area contributed by atoms with Crippen LogP contribution in [-0.2, 0) is 11.3 Å². The van der Waals surface area contributed by atoms with E-state index in [4.69, 9.17) is 16.3 Å². The van der Waals surface area contributed by atoms with Gasteiger partial charge in [0.05, 0.1) is 29.8 Å². The molecule has 1 aliphatic rings. The minimum atomic E-state index is 0.251. The van der Waals surface area contributed by atoms with E-state index in [0.29, 0.717) is 0 Å². The molecular weight excluding hydrogens is 260 g/mol. The highest BCUT2D eigenvalue weighted by Gasteiger charge is 2.20. The molecule has 1 aromatic heterocycles. The smallest absolute Gasteiger partial charge is 0.0881 e. The minimum absolute atomic E-state index is 0.251. The fourth-order valence-corrected chi connectivity index (χ4v) is 3.05. The molecule has 1 aromatic carbocycles. The lowest BCUT2D eigenvalue weighted by atomic mass is 10.2. The molecule has 2 heterocycles. The zero-order chi connectivity index (χ0) is 13.2. The number of aromatic nitrogens is 1. The maximum Gasteiger partial charge on any atom is 0.0881 e. The number of halogens is 1. The SMILES string of the molecule is CCN1CCOC(Cn2ccc3cccc(Cl)c32)C1. The fraction of sp³-hybridized carbons (Fsp3) is 0.467. The van der Waals surface area contributed by atoms with Crippen molar-refractivity contribution in [3.63, 3.8) is 0 Å². The van der Waals surface area contributed by atoms with Crippen LogP contribution < -0.4 is 0 Å². The molecule has 0 radical (unpaired) electrons. The van der Waals surface area contributed by atoms with E-state index in [0.717, 1.165) is 43.3 Å². The standard InChI is InChI=1S/C15H19ClN2O/c1-2-17-8-9-19-13(10-17)11-18-7-6-12-4-3-5-14(16)15(12)18/h3-7,13H,2,8-11H2,1H3. The maximum absolute atomic E-state index is 6.31. The maximum atomic E-state index is 6.31. The predicted molar refractivity (Wildman–Crippen MR) is 78.8 cm³/mol. The molecule has 0 amide bonds. The summed E-state index contributed by atoms with van der Waals surface area (Å²) in [5.74, 6) is 0. The highest BCUT2D eigenvalue weighted by atomic mass is 35.5. The Balaban J connectivity index is 1.81. The quantitative estimate of drug-likeness (QED) is 0.859. The molecule has 3 rings (SSSR count). The lowest BCUT2D eigenvalue weighted by Gasteiger charge is -2.32. The Kier molecular flexibility index (Phi) is 3.78. The molecule has 3 nitrogen and oxygen atoms in total. The van der Waals surface area contributed by atoms with Crippen molar-refractivity contribution >= 4 is 22.5 Å². The van der Waals surface area contributed by atoms with Gasteiger partial charge < -0.3 is 9.30 Å². The van der Waals surface area contributed by atoms with Crippen LogP contribution >= 0.6 is 11.6 Å². The van der Waals surface area contributed by atoms with Crippen LogP contribution in [0.25, 0.3) is 10.9 Å². The molecule has 1 saturated heterocycles. The topological polar surface area (TPSA) is 17.4 Å². The fourth-order valence-electron chi connectivity index (χ4n) is 2.76. The van der Waals surface area contributed by atoms with Gasteiger partial charge in [-0.2, -0.15) is 0 Å². The van der Waals surface area contributed by atoms with E-state index >= 15 is 0 Å². The normalized spacial score (nSPS) is 21.1. The number of para-hydroxylation sites is 1. The molecule has 19 heavy (non-hydrogen) atoms. The van der Waals surface area contributed by atoms with Crippen LogP contribution in [0.3, 0.4) is 0 Å². The average Bonchev–Trinajstić information content (AvgIpc) is 2.84. The first-order valence-corrected chi connectivity index (χ1v) is 7.23. The van der Waals surface area contributed by atoms with Crippen LogP contribution in [-0.4, -0.2) is 41.8 Å². The molecule has 0 N–H and O–H groups in total. The van der Waals surface area contributed by atoms with E-state index in [9.17, 15) is 0 Å². The second-order valence-corrected chi connectivity index (χ2v) is 5.44. The van der Waals surface area contributed by atoms with Gasteiger partial charge in [-0.1, -0.05) is 30.7 Å². The van der Waals surface area contributed by atoms with Crippen molar-refractivity contribution in [2.75, 3.05) is 26.2 Å². The molecular formula is C15H19ClN2O. The second kappa shape index (κ2) is 5.53. The Morgan fingerprint density at radius 1 is 1.37 bits per heavy atom. The van der Waals surface area contributed by atoms with Crippen molar-refractivity contribution in [2.45, 2.75) is 19.6 Å². The van der Waals surface area contributed by atoms with Crippen molar-refractivity contribution in [1.82, 2.24) is 9.47 Å². The monoisotopic (exact) mass is 278 g/mol. The van der Waals surface area contributed by atoms with Crippen molar-refractivity contribution in [3.8, 4) is 0 Å². The van der Waals surface area contributed by atoms with E-state index in [2.05, 4.69) is 34.7 Å². The predicted octanol–water partition coefficient (Wildman–Crippen LogP) is 3.02.